The predicted octanol–water partition coefficient (Wildman–Crippen LogP) is 3.56. The van der Waals surface area contributed by atoms with Gasteiger partial charge < -0.3 is 5.32 Å². The third-order valence-corrected chi connectivity index (χ3v) is 7.08. The number of thiophene rings is 1. The molecule has 0 radical (unpaired) electrons. The van der Waals surface area contributed by atoms with Crippen LogP contribution in [0.15, 0.2) is 40.6 Å². The first-order chi connectivity index (χ1) is 11.9. The molecule has 8 heteroatoms. The molecule has 0 spiro atoms. The van der Waals surface area contributed by atoms with E-state index in [9.17, 15) is 17.6 Å². The summed E-state index contributed by atoms with van der Waals surface area (Å²) >= 11 is 1.08. The highest BCUT2D eigenvalue weighted by molar-refractivity contribution is 7.89. The van der Waals surface area contributed by atoms with Gasteiger partial charge in [0.2, 0.25) is 10.0 Å². The lowest BCUT2D eigenvalue weighted by atomic mass is 10.0. The van der Waals surface area contributed by atoms with Gasteiger partial charge in [-0.05, 0) is 49.1 Å². The number of hydrogen-bond acceptors (Lipinski definition) is 4. The van der Waals surface area contributed by atoms with Crippen molar-refractivity contribution in [1.82, 2.24) is 4.31 Å². The van der Waals surface area contributed by atoms with Crippen LogP contribution in [-0.2, 0) is 10.0 Å². The standard InChI is InChI=1S/C17H19FN2O3S2/c1-12-3-2-8-20(10-12)25(22,23)15-9-16(24-11-15)17(21)19-14-6-4-13(18)5-7-14/h4-7,9,11-12H,2-3,8,10H2,1H3,(H,19,21). The van der Waals surface area contributed by atoms with Crippen LogP contribution >= 0.6 is 11.3 Å². The van der Waals surface area contributed by atoms with Crippen LogP contribution < -0.4 is 5.32 Å². The van der Waals surface area contributed by atoms with Gasteiger partial charge >= 0.3 is 0 Å². The topological polar surface area (TPSA) is 66.5 Å². The second-order valence-corrected chi connectivity index (χ2v) is 9.07. The van der Waals surface area contributed by atoms with E-state index in [-0.39, 0.29) is 4.90 Å². The third-order valence-electron chi connectivity index (χ3n) is 4.16. The SMILES string of the molecule is CC1CCCN(S(=O)(=O)c2csc(C(=O)Nc3ccc(F)cc3)c2)C1. The van der Waals surface area contributed by atoms with Crippen molar-refractivity contribution in [2.24, 2.45) is 5.92 Å². The molecule has 2 aromatic rings. The van der Waals surface area contributed by atoms with Crippen LogP contribution in [0.5, 0.6) is 0 Å². The average Bonchev–Trinajstić information content (AvgIpc) is 3.08. The van der Waals surface area contributed by atoms with E-state index >= 15 is 0 Å². The number of anilines is 1. The summed E-state index contributed by atoms with van der Waals surface area (Å²) in [4.78, 5) is 12.7. The van der Waals surface area contributed by atoms with Crippen LogP contribution in [0.1, 0.15) is 29.4 Å². The molecule has 2 heterocycles. The van der Waals surface area contributed by atoms with Crippen molar-refractivity contribution in [1.29, 1.82) is 0 Å². The summed E-state index contributed by atoms with van der Waals surface area (Å²) in [7, 11) is -3.57. The van der Waals surface area contributed by atoms with Gasteiger partial charge in [0.15, 0.2) is 0 Å². The van der Waals surface area contributed by atoms with E-state index in [0.29, 0.717) is 29.6 Å². The summed E-state index contributed by atoms with van der Waals surface area (Å²) in [6.45, 7) is 3.06. The number of amides is 1. The second-order valence-electron chi connectivity index (χ2n) is 6.22. The van der Waals surface area contributed by atoms with Crippen LogP contribution in [0.4, 0.5) is 10.1 Å². The molecule has 3 rings (SSSR count). The molecule has 1 fully saturated rings. The van der Waals surface area contributed by atoms with E-state index in [4.69, 9.17) is 0 Å². The number of sulfonamides is 1. The van der Waals surface area contributed by atoms with E-state index in [2.05, 4.69) is 5.32 Å². The fraction of sp³-hybridized carbons (Fsp3) is 0.353. The van der Waals surface area contributed by atoms with Crippen LogP contribution in [0.25, 0.3) is 0 Å². The molecule has 1 aliphatic heterocycles. The summed E-state index contributed by atoms with van der Waals surface area (Å²) in [5.74, 6) is -0.466. The van der Waals surface area contributed by atoms with E-state index in [0.717, 1.165) is 24.2 Å². The minimum absolute atomic E-state index is 0.149. The molecule has 0 saturated carbocycles. The minimum Gasteiger partial charge on any atom is -0.321 e. The van der Waals surface area contributed by atoms with Gasteiger partial charge in [-0.15, -0.1) is 11.3 Å². The van der Waals surface area contributed by atoms with Crippen LogP contribution in [0.3, 0.4) is 0 Å². The van der Waals surface area contributed by atoms with Gasteiger partial charge in [-0.3, -0.25) is 4.79 Å². The summed E-state index contributed by atoms with van der Waals surface area (Å²) in [6.07, 6.45) is 1.88. The van der Waals surface area contributed by atoms with Crippen molar-refractivity contribution < 1.29 is 17.6 Å². The van der Waals surface area contributed by atoms with E-state index in [1.807, 2.05) is 6.92 Å². The van der Waals surface area contributed by atoms with Crippen molar-refractivity contribution in [3.05, 3.63) is 46.4 Å². The first-order valence-electron chi connectivity index (χ1n) is 8.02. The molecule has 1 atom stereocenters. The van der Waals surface area contributed by atoms with Gasteiger partial charge in [-0.2, -0.15) is 4.31 Å². The lowest BCUT2D eigenvalue weighted by molar-refractivity contribution is 0.103. The Morgan fingerprint density at radius 3 is 2.72 bits per heavy atom. The zero-order valence-corrected chi connectivity index (χ0v) is 15.4. The molecule has 1 aromatic heterocycles. The maximum Gasteiger partial charge on any atom is 0.265 e. The number of rotatable bonds is 4. The lowest BCUT2D eigenvalue weighted by Crippen LogP contribution is -2.38. The first-order valence-corrected chi connectivity index (χ1v) is 10.3. The normalized spacial score (nSPS) is 18.9. The number of hydrogen-bond donors (Lipinski definition) is 1. The van der Waals surface area contributed by atoms with E-state index < -0.39 is 21.7 Å². The maximum atomic E-state index is 12.9. The van der Waals surface area contributed by atoms with Gasteiger partial charge in [0.25, 0.3) is 5.91 Å². The van der Waals surface area contributed by atoms with Crippen molar-refractivity contribution >= 4 is 33.0 Å². The molecule has 1 aromatic carbocycles. The number of carbonyl (C=O) groups excluding carboxylic acids is 1. The number of nitrogens with one attached hydrogen (secondary N) is 1. The van der Waals surface area contributed by atoms with Crippen LogP contribution in [0, 0.1) is 11.7 Å². The average molecular weight is 382 g/mol. The van der Waals surface area contributed by atoms with Crippen molar-refractivity contribution in [3.63, 3.8) is 0 Å². The van der Waals surface area contributed by atoms with E-state index in [1.54, 1.807) is 0 Å². The van der Waals surface area contributed by atoms with Gasteiger partial charge in [0.1, 0.15) is 5.82 Å². The van der Waals surface area contributed by atoms with Gasteiger partial charge in [-0.25, -0.2) is 12.8 Å². The lowest BCUT2D eigenvalue weighted by Gasteiger charge is -2.29. The van der Waals surface area contributed by atoms with Crippen LogP contribution in [0.2, 0.25) is 0 Å². The Kier molecular flexibility index (Phi) is 5.21. The molecule has 1 saturated heterocycles. The van der Waals surface area contributed by atoms with Crippen molar-refractivity contribution in [2.75, 3.05) is 18.4 Å². The Labute approximate surface area is 150 Å². The summed E-state index contributed by atoms with van der Waals surface area (Å²) in [5, 5.41) is 4.13. The smallest absolute Gasteiger partial charge is 0.265 e. The Morgan fingerprint density at radius 2 is 2.04 bits per heavy atom. The number of carbonyl (C=O) groups is 1. The highest BCUT2D eigenvalue weighted by atomic mass is 32.2. The molecule has 1 N–H and O–H groups in total. The quantitative estimate of drug-likeness (QED) is 0.879. The molecule has 1 amide bonds. The molecular weight excluding hydrogens is 363 g/mol. The monoisotopic (exact) mass is 382 g/mol. The fourth-order valence-electron chi connectivity index (χ4n) is 2.81. The number of piperidine rings is 1. The van der Waals surface area contributed by atoms with Crippen molar-refractivity contribution in [2.45, 2.75) is 24.7 Å². The molecule has 1 aliphatic rings. The van der Waals surface area contributed by atoms with Crippen LogP contribution in [-0.4, -0.2) is 31.7 Å². The van der Waals surface area contributed by atoms with E-state index in [1.165, 1.54) is 40.0 Å². The fourth-order valence-corrected chi connectivity index (χ4v) is 5.57. The second kappa shape index (κ2) is 7.23. The molecule has 1 unspecified atom stereocenters. The van der Waals surface area contributed by atoms with Gasteiger partial charge in [0.05, 0.1) is 9.77 Å². The highest BCUT2D eigenvalue weighted by Gasteiger charge is 2.30. The Bertz CT molecular complexity index is 862. The summed E-state index contributed by atoms with van der Waals surface area (Å²) < 4.78 is 39.8. The molecule has 5 nitrogen and oxygen atoms in total. The summed E-state index contributed by atoms with van der Waals surface area (Å²) in [6, 6.07) is 6.80. The summed E-state index contributed by atoms with van der Waals surface area (Å²) in [5.41, 5.74) is 0.453. The number of benzene rings is 1. The number of halogens is 1. The third kappa shape index (κ3) is 4.08. The molecule has 0 aliphatic carbocycles. The first kappa shape index (κ1) is 18.0. The minimum atomic E-state index is -3.57. The Morgan fingerprint density at radius 1 is 1.32 bits per heavy atom. The zero-order valence-electron chi connectivity index (χ0n) is 13.7. The molecular formula is C17H19FN2O3S2. The predicted molar refractivity (Wildman–Crippen MR) is 95.8 cm³/mol. The number of nitrogens with zero attached hydrogens (tertiary/aromatic N) is 1. The molecule has 134 valence electrons. The largest absolute Gasteiger partial charge is 0.321 e. The van der Waals surface area contributed by atoms with Gasteiger partial charge in [-0.1, -0.05) is 6.92 Å². The Balaban J connectivity index is 1.75. The zero-order chi connectivity index (χ0) is 18.0. The van der Waals surface area contributed by atoms with Crippen molar-refractivity contribution in [3.8, 4) is 0 Å². The maximum absolute atomic E-state index is 12.9. The van der Waals surface area contributed by atoms with Gasteiger partial charge in [0, 0.05) is 24.2 Å². The molecule has 25 heavy (non-hydrogen) atoms. The molecule has 0 bridgehead atoms. The Hall–Kier alpha value is -1.77. The highest BCUT2D eigenvalue weighted by Crippen LogP contribution is 2.27.